The summed E-state index contributed by atoms with van der Waals surface area (Å²) in [5, 5.41) is 0. The summed E-state index contributed by atoms with van der Waals surface area (Å²) in [5.74, 6) is -0.416. The molecular formula is C11H12BF6KO. The number of rotatable bonds is 5. The van der Waals surface area contributed by atoms with Gasteiger partial charge in [0.05, 0.1) is 12.4 Å². The van der Waals surface area contributed by atoms with Crippen LogP contribution in [0.4, 0.5) is 26.1 Å². The Labute approximate surface area is 155 Å². The van der Waals surface area contributed by atoms with Gasteiger partial charge in [0, 0.05) is 6.42 Å². The SMILES string of the molecule is Cc1ccc(OCCCC(F)(F)F)c([B-](F)(F)F)c1.[K+]. The first kappa shape index (κ1) is 20.3. The third-order valence-corrected chi connectivity index (χ3v) is 2.38. The van der Waals surface area contributed by atoms with Crippen molar-refractivity contribution in [2.45, 2.75) is 25.9 Å². The number of benzene rings is 1. The second-order valence-corrected chi connectivity index (χ2v) is 4.18. The first-order valence-electron chi connectivity index (χ1n) is 5.59. The van der Waals surface area contributed by atoms with Crippen LogP contribution in [0.2, 0.25) is 0 Å². The fourth-order valence-corrected chi connectivity index (χ4v) is 1.51. The molecule has 0 atom stereocenters. The zero-order valence-corrected chi connectivity index (χ0v) is 14.2. The summed E-state index contributed by atoms with van der Waals surface area (Å²) in [4.78, 5) is 0. The molecule has 1 aromatic rings. The van der Waals surface area contributed by atoms with E-state index in [0.29, 0.717) is 5.56 Å². The van der Waals surface area contributed by atoms with E-state index in [1.165, 1.54) is 13.0 Å². The topological polar surface area (TPSA) is 9.23 Å². The van der Waals surface area contributed by atoms with Crippen molar-refractivity contribution in [3.63, 3.8) is 0 Å². The summed E-state index contributed by atoms with van der Waals surface area (Å²) in [6.07, 6.45) is -5.78. The van der Waals surface area contributed by atoms with Crippen molar-refractivity contribution in [2.24, 2.45) is 0 Å². The van der Waals surface area contributed by atoms with Crippen LogP contribution in [-0.2, 0) is 0 Å². The molecule has 0 aliphatic rings. The number of ether oxygens (including phenoxy) is 1. The maximum Gasteiger partial charge on any atom is 1.00 e. The van der Waals surface area contributed by atoms with Crippen LogP contribution < -0.4 is 61.6 Å². The fourth-order valence-electron chi connectivity index (χ4n) is 1.51. The van der Waals surface area contributed by atoms with Crippen molar-refractivity contribution in [1.82, 2.24) is 0 Å². The van der Waals surface area contributed by atoms with Gasteiger partial charge in [0.2, 0.25) is 0 Å². The van der Waals surface area contributed by atoms with Crippen molar-refractivity contribution in [2.75, 3.05) is 6.61 Å². The Hall–Kier alpha value is 0.301. The third kappa shape index (κ3) is 7.35. The molecule has 0 amide bonds. The summed E-state index contributed by atoms with van der Waals surface area (Å²) in [5.41, 5.74) is -0.496. The number of halogens is 6. The predicted octanol–water partition coefficient (Wildman–Crippen LogP) is 0.775. The summed E-state index contributed by atoms with van der Waals surface area (Å²) in [7, 11) is 0. The molecule has 0 saturated heterocycles. The molecule has 1 aromatic carbocycles. The van der Waals surface area contributed by atoms with Gasteiger partial charge in [0.25, 0.3) is 0 Å². The minimum Gasteiger partial charge on any atom is -0.497 e. The maximum absolute atomic E-state index is 12.7. The van der Waals surface area contributed by atoms with Gasteiger partial charge in [0.15, 0.2) is 0 Å². The third-order valence-electron chi connectivity index (χ3n) is 2.38. The van der Waals surface area contributed by atoms with E-state index in [-0.39, 0.29) is 57.8 Å². The molecule has 0 aliphatic carbocycles. The predicted molar refractivity (Wildman–Crippen MR) is 60.7 cm³/mol. The van der Waals surface area contributed by atoms with Crippen molar-refractivity contribution in [1.29, 1.82) is 0 Å². The van der Waals surface area contributed by atoms with Gasteiger partial charge in [-0.15, -0.1) is 0 Å². The Morgan fingerprint density at radius 3 is 2.25 bits per heavy atom. The summed E-state index contributed by atoms with van der Waals surface area (Å²) in [6, 6.07) is 3.48. The first-order chi connectivity index (χ1) is 8.59. The van der Waals surface area contributed by atoms with Crippen molar-refractivity contribution in [3.8, 4) is 5.75 Å². The molecule has 0 bridgehead atoms. The minimum atomic E-state index is -5.25. The van der Waals surface area contributed by atoms with Crippen LogP contribution in [0.3, 0.4) is 0 Å². The van der Waals surface area contributed by atoms with Gasteiger partial charge in [0.1, 0.15) is 0 Å². The molecule has 0 heterocycles. The zero-order chi connectivity index (χ0) is 14.7. The van der Waals surface area contributed by atoms with Crippen LogP contribution in [0.25, 0.3) is 0 Å². The van der Waals surface area contributed by atoms with Crippen LogP contribution in [0.5, 0.6) is 5.75 Å². The van der Waals surface area contributed by atoms with Gasteiger partial charge in [-0.3, -0.25) is 0 Å². The molecule has 0 aromatic heterocycles. The van der Waals surface area contributed by atoms with Gasteiger partial charge >= 0.3 is 64.5 Å². The van der Waals surface area contributed by atoms with E-state index in [2.05, 4.69) is 0 Å². The van der Waals surface area contributed by atoms with Crippen LogP contribution in [0.1, 0.15) is 18.4 Å². The maximum atomic E-state index is 12.7. The summed E-state index contributed by atoms with van der Waals surface area (Å²) < 4.78 is 78.6. The molecule has 0 radical (unpaired) electrons. The van der Waals surface area contributed by atoms with E-state index in [1.54, 1.807) is 0 Å². The van der Waals surface area contributed by atoms with Crippen LogP contribution >= 0.6 is 0 Å². The molecule has 0 unspecified atom stereocenters. The van der Waals surface area contributed by atoms with E-state index in [0.717, 1.165) is 12.1 Å². The molecular weight excluding hydrogens is 312 g/mol. The number of hydrogen-bond acceptors (Lipinski definition) is 1. The Balaban J connectivity index is 0.00000361. The van der Waals surface area contributed by atoms with Crippen molar-refractivity contribution < 1.29 is 82.2 Å². The van der Waals surface area contributed by atoms with Gasteiger partial charge < -0.3 is 17.7 Å². The van der Waals surface area contributed by atoms with Gasteiger partial charge in [-0.25, -0.2) is 0 Å². The number of alkyl halides is 3. The number of aryl methyl sites for hydroxylation is 1. The average molecular weight is 324 g/mol. The van der Waals surface area contributed by atoms with Crippen molar-refractivity contribution in [3.05, 3.63) is 23.8 Å². The molecule has 0 aliphatic heterocycles. The Morgan fingerprint density at radius 1 is 1.15 bits per heavy atom. The first-order valence-corrected chi connectivity index (χ1v) is 5.59. The Morgan fingerprint density at radius 2 is 1.75 bits per heavy atom. The second-order valence-electron chi connectivity index (χ2n) is 4.18. The number of hydrogen-bond donors (Lipinski definition) is 0. The molecule has 20 heavy (non-hydrogen) atoms. The van der Waals surface area contributed by atoms with E-state index < -0.39 is 37.4 Å². The van der Waals surface area contributed by atoms with Crippen LogP contribution in [0, 0.1) is 6.92 Å². The average Bonchev–Trinajstić information content (AvgIpc) is 2.23. The Kier molecular flexibility index (Phi) is 8.19. The normalized spacial score (nSPS) is 11.9. The van der Waals surface area contributed by atoms with Gasteiger partial charge in [-0.1, -0.05) is 23.2 Å². The standard InChI is InChI=1S/C11H12BF6O.K/c1-8-3-4-10(9(7-8)12(16,17)18)19-6-2-5-11(13,14)15;/h3-4,7H,2,5-6H2,1H3;/q-1;+1. The molecule has 1 nitrogen and oxygen atoms in total. The van der Waals surface area contributed by atoms with Gasteiger partial charge in [-0.2, -0.15) is 13.2 Å². The second kappa shape index (κ2) is 8.07. The summed E-state index contributed by atoms with van der Waals surface area (Å²) >= 11 is 0. The summed E-state index contributed by atoms with van der Waals surface area (Å²) in [6.45, 7) is -4.15. The molecule has 0 N–H and O–H groups in total. The molecule has 9 heteroatoms. The smallest absolute Gasteiger partial charge is 0.497 e. The van der Waals surface area contributed by atoms with E-state index in [1.807, 2.05) is 0 Å². The van der Waals surface area contributed by atoms with Gasteiger partial charge in [-0.05, 0) is 19.4 Å². The molecule has 0 saturated carbocycles. The molecule has 0 fully saturated rings. The molecule has 0 spiro atoms. The minimum absolute atomic E-state index is 0. The largest absolute Gasteiger partial charge is 1.00 e. The van der Waals surface area contributed by atoms with E-state index in [4.69, 9.17) is 4.74 Å². The monoisotopic (exact) mass is 324 g/mol. The quantitative estimate of drug-likeness (QED) is 0.442. The van der Waals surface area contributed by atoms with Crippen molar-refractivity contribution >= 4 is 12.4 Å². The molecule has 1 rings (SSSR count). The molecule has 108 valence electrons. The zero-order valence-electron chi connectivity index (χ0n) is 11.1. The van der Waals surface area contributed by atoms with E-state index >= 15 is 0 Å². The van der Waals surface area contributed by atoms with Crippen LogP contribution in [0.15, 0.2) is 18.2 Å². The Bertz CT molecular complexity index is 432. The fraction of sp³-hybridized carbons (Fsp3) is 0.455. The van der Waals surface area contributed by atoms with Crippen LogP contribution in [-0.4, -0.2) is 19.8 Å². The van der Waals surface area contributed by atoms with E-state index in [9.17, 15) is 26.1 Å².